The number of thioether (sulfide) groups is 1. The topological polar surface area (TPSA) is 100 Å². The van der Waals surface area contributed by atoms with E-state index >= 15 is 4.39 Å². The molecule has 1 saturated heterocycles. The molecule has 7 rings (SSSR count). The highest BCUT2D eigenvalue weighted by Crippen LogP contribution is 2.43. The number of hydrogen-bond acceptors (Lipinski definition) is 7. The monoisotopic (exact) mass is 628 g/mol. The van der Waals surface area contributed by atoms with Crippen LogP contribution >= 0.6 is 23.4 Å². The van der Waals surface area contributed by atoms with Crippen LogP contribution in [-0.2, 0) is 9.59 Å². The SMILES string of the molecule is C=CC(=O)N1CCN(c2nc(=O)n3c4nc(c(Cl)cc24)-c2c(F)cccc2NC(=O)CSc2cccc(C(C)C)c2-3)C2=C[C@@H]21. The van der Waals surface area contributed by atoms with Crippen LogP contribution in [0.2, 0.25) is 5.02 Å². The molecule has 44 heavy (non-hydrogen) atoms. The number of piperazine rings is 1. The zero-order valence-electron chi connectivity index (χ0n) is 23.8. The van der Waals surface area contributed by atoms with Crippen LogP contribution in [0.1, 0.15) is 25.3 Å². The van der Waals surface area contributed by atoms with E-state index in [1.54, 1.807) is 17.0 Å². The van der Waals surface area contributed by atoms with Crippen LogP contribution < -0.4 is 15.9 Å². The fourth-order valence-corrected chi connectivity index (χ4v) is 7.05. The first kappa shape index (κ1) is 28.3. The van der Waals surface area contributed by atoms with Gasteiger partial charge in [0.2, 0.25) is 11.8 Å². The summed E-state index contributed by atoms with van der Waals surface area (Å²) < 4.78 is 17.0. The smallest absolute Gasteiger partial charge is 0.325 e. The van der Waals surface area contributed by atoms with Crippen molar-refractivity contribution in [1.29, 1.82) is 0 Å². The maximum absolute atomic E-state index is 15.5. The summed E-state index contributed by atoms with van der Waals surface area (Å²) >= 11 is 8.14. The zero-order valence-corrected chi connectivity index (χ0v) is 25.4. The molecule has 1 fully saturated rings. The van der Waals surface area contributed by atoms with Crippen LogP contribution in [0, 0.1) is 5.82 Å². The molecule has 4 aromatic rings. The summed E-state index contributed by atoms with van der Waals surface area (Å²) in [4.78, 5) is 53.5. The van der Waals surface area contributed by atoms with E-state index in [-0.39, 0.29) is 57.1 Å². The third-order valence-electron chi connectivity index (χ3n) is 8.01. The van der Waals surface area contributed by atoms with E-state index in [1.165, 1.54) is 34.5 Å². The Morgan fingerprint density at radius 3 is 2.75 bits per heavy atom. The number of halogens is 2. The molecule has 222 valence electrons. The number of rotatable bonds is 3. The molecule has 2 aromatic carbocycles. The van der Waals surface area contributed by atoms with E-state index in [1.807, 2.05) is 43.0 Å². The van der Waals surface area contributed by atoms with E-state index in [9.17, 15) is 14.4 Å². The van der Waals surface area contributed by atoms with Gasteiger partial charge in [0.15, 0.2) is 5.65 Å². The number of nitrogens with one attached hydrogen (secondary N) is 1. The van der Waals surface area contributed by atoms with Gasteiger partial charge in [-0.15, -0.1) is 11.8 Å². The number of hydrogen-bond donors (Lipinski definition) is 1. The van der Waals surface area contributed by atoms with Gasteiger partial charge in [-0.1, -0.05) is 50.2 Å². The van der Waals surface area contributed by atoms with Crippen LogP contribution in [0.4, 0.5) is 15.9 Å². The molecule has 1 N–H and O–H groups in total. The molecule has 2 aromatic heterocycles. The van der Waals surface area contributed by atoms with Crippen molar-refractivity contribution in [3.8, 4) is 16.9 Å². The Bertz CT molecular complexity index is 2030. The van der Waals surface area contributed by atoms with Crippen molar-refractivity contribution >= 4 is 57.7 Å². The molecule has 0 radical (unpaired) electrons. The molecule has 2 bridgehead atoms. The largest absolute Gasteiger partial charge is 0.355 e. The fraction of sp³-hybridized carbons (Fsp3) is 0.219. The van der Waals surface area contributed by atoms with Crippen molar-refractivity contribution in [2.45, 2.75) is 30.7 Å². The average Bonchev–Trinajstić information content (AvgIpc) is 3.80. The lowest BCUT2D eigenvalue weighted by Gasteiger charge is -2.34. The van der Waals surface area contributed by atoms with E-state index in [2.05, 4.69) is 16.9 Å². The highest BCUT2D eigenvalue weighted by Gasteiger charge is 2.43. The Balaban J connectivity index is 1.55. The van der Waals surface area contributed by atoms with Crippen molar-refractivity contribution in [1.82, 2.24) is 19.4 Å². The van der Waals surface area contributed by atoms with Gasteiger partial charge in [0.25, 0.3) is 0 Å². The molecule has 0 spiro atoms. The van der Waals surface area contributed by atoms with Gasteiger partial charge < -0.3 is 15.1 Å². The van der Waals surface area contributed by atoms with Crippen LogP contribution in [0.15, 0.2) is 76.6 Å². The van der Waals surface area contributed by atoms with Crippen molar-refractivity contribution in [2.75, 3.05) is 29.1 Å². The molecule has 4 heterocycles. The zero-order chi connectivity index (χ0) is 30.9. The Morgan fingerprint density at radius 1 is 1.18 bits per heavy atom. The van der Waals surface area contributed by atoms with Crippen LogP contribution in [-0.4, -0.2) is 56.1 Å². The first-order chi connectivity index (χ1) is 21.2. The minimum absolute atomic E-state index is 0.00621. The minimum atomic E-state index is -0.623. The highest BCUT2D eigenvalue weighted by atomic mass is 35.5. The van der Waals surface area contributed by atoms with E-state index in [0.29, 0.717) is 34.9 Å². The van der Waals surface area contributed by atoms with Crippen molar-refractivity contribution in [3.63, 3.8) is 0 Å². The van der Waals surface area contributed by atoms with Gasteiger partial charge >= 0.3 is 5.69 Å². The molecule has 2 amide bonds. The summed E-state index contributed by atoms with van der Waals surface area (Å²) in [6.45, 7) is 8.42. The summed E-state index contributed by atoms with van der Waals surface area (Å²) in [6, 6.07) is 11.5. The summed E-state index contributed by atoms with van der Waals surface area (Å²) in [5.74, 6) is -0.761. The molecule has 0 saturated carbocycles. The van der Waals surface area contributed by atoms with Gasteiger partial charge in [0, 0.05) is 23.7 Å². The third kappa shape index (κ3) is 4.49. The number of nitrogens with zero attached hydrogens (tertiary/aromatic N) is 5. The quantitative estimate of drug-likeness (QED) is 0.299. The average molecular weight is 629 g/mol. The molecule has 2 aliphatic heterocycles. The number of benzene rings is 2. The summed E-state index contributed by atoms with van der Waals surface area (Å²) in [7, 11) is 0. The predicted octanol–water partition coefficient (Wildman–Crippen LogP) is 5.51. The second-order valence-electron chi connectivity index (χ2n) is 11.0. The Morgan fingerprint density at radius 2 is 1.98 bits per heavy atom. The Hall–Kier alpha value is -4.48. The summed E-state index contributed by atoms with van der Waals surface area (Å²) in [5, 5.41) is 3.43. The normalized spacial score (nSPS) is 17.2. The van der Waals surface area contributed by atoms with Crippen molar-refractivity contribution < 1.29 is 14.0 Å². The van der Waals surface area contributed by atoms with Gasteiger partial charge in [-0.05, 0) is 47.9 Å². The fourth-order valence-electron chi connectivity index (χ4n) is 5.93. The maximum atomic E-state index is 15.5. The molecule has 1 aliphatic carbocycles. The second-order valence-corrected chi connectivity index (χ2v) is 12.4. The maximum Gasteiger partial charge on any atom is 0.355 e. The highest BCUT2D eigenvalue weighted by molar-refractivity contribution is 8.00. The Labute approximate surface area is 261 Å². The van der Waals surface area contributed by atoms with Crippen LogP contribution in [0.3, 0.4) is 0 Å². The van der Waals surface area contributed by atoms with Gasteiger partial charge in [0.1, 0.15) is 11.6 Å². The van der Waals surface area contributed by atoms with Crippen LogP contribution in [0.5, 0.6) is 0 Å². The van der Waals surface area contributed by atoms with Gasteiger partial charge in [-0.3, -0.25) is 9.59 Å². The summed E-state index contributed by atoms with van der Waals surface area (Å²) in [5.41, 5.74) is 2.25. The van der Waals surface area contributed by atoms with Gasteiger partial charge in [-0.2, -0.15) is 4.98 Å². The number of carbonyl (C=O) groups excluding carboxylic acids is 2. The molecule has 9 nitrogen and oxygen atoms in total. The molecule has 12 heteroatoms. The number of anilines is 2. The number of pyridine rings is 1. The first-order valence-corrected chi connectivity index (χ1v) is 15.4. The molecular weight excluding hydrogens is 603 g/mol. The number of fused-ring (bicyclic) bond motifs is 6. The standard InChI is InChI=1S/C32H26ClFN6O3S/c1-4-26(42)38-11-12-39(23-14-22(23)38)30-18-13-19(33)28-27-20(34)8-6-9-21(27)35-25(41)15-44-24-10-5-7-17(16(2)3)29(24)40(31(18)36-28)32(43)37-30/h4-10,13-14,16,22H,1,11-12,15H2,2-3H3,(H,35,41)/t22-/m0/s1. The number of aromatic nitrogens is 3. The Kier molecular flexibility index (Phi) is 6.82. The lowest BCUT2D eigenvalue weighted by Crippen LogP contribution is -2.46. The van der Waals surface area contributed by atoms with Crippen molar-refractivity contribution in [3.05, 3.63) is 93.8 Å². The van der Waals surface area contributed by atoms with Crippen LogP contribution in [0.25, 0.3) is 28.0 Å². The molecule has 0 unspecified atom stereocenters. The number of amides is 2. The van der Waals surface area contributed by atoms with E-state index < -0.39 is 11.5 Å². The lowest BCUT2D eigenvalue weighted by atomic mass is 10.0. The van der Waals surface area contributed by atoms with E-state index in [0.717, 1.165) is 11.3 Å². The molecule has 1 atom stereocenters. The molecule has 3 aliphatic rings. The number of carbonyl (C=O) groups is 2. The van der Waals surface area contributed by atoms with E-state index in [4.69, 9.17) is 16.6 Å². The lowest BCUT2D eigenvalue weighted by molar-refractivity contribution is -0.126. The van der Waals surface area contributed by atoms with Gasteiger partial charge in [0.05, 0.1) is 44.8 Å². The predicted molar refractivity (Wildman–Crippen MR) is 170 cm³/mol. The molecular formula is C32H26ClFN6O3S. The number of para-hydroxylation sites is 1. The van der Waals surface area contributed by atoms with Gasteiger partial charge in [-0.25, -0.2) is 18.7 Å². The first-order valence-electron chi connectivity index (χ1n) is 14.1. The summed E-state index contributed by atoms with van der Waals surface area (Å²) in [6.07, 6.45) is 3.22. The third-order valence-corrected chi connectivity index (χ3v) is 9.34. The van der Waals surface area contributed by atoms with Crippen molar-refractivity contribution in [2.24, 2.45) is 0 Å². The minimum Gasteiger partial charge on any atom is -0.325 e. The second kappa shape index (κ2) is 10.6.